The maximum absolute atomic E-state index is 13.1. The van der Waals surface area contributed by atoms with Gasteiger partial charge in [0.15, 0.2) is 6.10 Å². The molecule has 1 heterocycles. The van der Waals surface area contributed by atoms with Gasteiger partial charge in [-0.3, -0.25) is 23.4 Å². The Labute approximate surface area is 174 Å². The first-order valence-electron chi connectivity index (χ1n) is 9.38. The lowest BCUT2D eigenvalue weighted by molar-refractivity contribution is -0.141. The van der Waals surface area contributed by atoms with E-state index in [4.69, 9.17) is 9.05 Å². The van der Waals surface area contributed by atoms with Gasteiger partial charge in [0.1, 0.15) is 6.04 Å². The van der Waals surface area contributed by atoms with Crippen molar-refractivity contribution in [2.24, 2.45) is 5.41 Å². The van der Waals surface area contributed by atoms with Crippen LogP contribution in [0.25, 0.3) is 0 Å². The molecule has 0 aliphatic carbocycles. The zero-order chi connectivity index (χ0) is 22.4. The van der Waals surface area contributed by atoms with Crippen molar-refractivity contribution in [1.29, 1.82) is 0 Å². The third kappa shape index (κ3) is 6.63. The Morgan fingerprint density at radius 3 is 2.57 bits per heavy atom. The highest BCUT2D eigenvalue weighted by atomic mass is 31.2. The number of methoxy groups -OCH3 is 1. The van der Waals surface area contributed by atoms with Crippen molar-refractivity contribution in [3.05, 3.63) is 35.9 Å². The van der Waals surface area contributed by atoms with Crippen LogP contribution < -0.4 is 10.4 Å². The molecule has 11 heteroatoms. The van der Waals surface area contributed by atoms with Crippen molar-refractivity contribution in [2.75, 3.05) is 20.3 Å². The summed E-state index contributed by atoms with van der Waals surface area (Å²) < 4.78 is 28.4. The zero-order valence-corrected chi connectivity index (χ0v) is 18.0. The summed E-state index contributed by atoms with van der Waals surface area (Å²) in [5, 5.41) is 14.5. The van der Waals surface area contributed by atoms with E-state index in [-0.39, 0.29) is 26.0 Å². The summed E-state index contributed by atoms with van der Waals surface area (Å²) >= 11 is 0. The second-order valence-electron chi connectivity index (χ2n) is 7.57. The summed E-state index contributed by atoms with van der Waals surface area (Å²) in [7, 11) is -2.85. The molecule has 0 saturated carbocycles. The Kier molecular flexibility index (Phi) is 8.14. The number of hydrogen-bond donors (Lipinski definition) is 3. The highest BCUT2D eigenvalue weighted by Gasteiger charge is 2.49. The quantitative estimate of drug-likeness (QED) is 0.383. The van der Waals surface area contributed by atoms with Crippen LogP contribution in [0.1, 0.15) is 25.8 Å². The first-order valence-corrected chi connectivity index (χ1v) is 10.9. The number of aliphatic carboxylic acids is 1. The second kappa shape index (κ2) is 10.2. The normalized spacial score (nSPS) is 23.9. The number of nitrogens with one attached hydrogen (secondary N) is 2. The molecule has 0 bridgehead atoms. The molecule has 0 aromatic heterocycles. The number of ether oxygens (including phenoxy) is 1. The Bertz CT molecular complexity index is 814. The standard InChI is InChI=1S/C19H27N2O8P/c1-19(2)12-28-30(26,29-16(19)17(23)20-10-9-15(22)27-3)21-14(18(24)25)11-13-7-5-4-6-8-13/h4-8,14,16H,9-12H2,1-3H3,(H,20,23)(H,21,26)(H,24,25)/t14?,16-,30?/m0/s1. The van der Waals surface area contributed by atoms with Crippen LogP contribution in [0.3, 0.4) is 0 Å². The number of rotatable bonds is 9. The van der Waals surface area contributed by atoms with Gasteiger partial charge in [-0.1, -0.05) is 44.2 Å². The van der Waals surface area contributed by atoms with Crippen LogP contribution in [0.4, 0.5) is 0 Å². The van der Waals surface area contributed by atoms with Crippen LogP contribution in [-0.4, -0.2) is 55.4 Å². The fourth-order valence-corrected chi connectivity index (χ4v) is 4.76. The minimum absolute atomic E-state index is 0.0196. The highest BCUT2D eigenvalue weighted by molar-refractivity contribution is 7.51. The molecule has 1 aromatic carbocycles. The van der Waals surface area contributed by atoms with E-state index >= 15 is 0 Å². The number of hydrogen-bond acceptors (Lipinski definition) is 7. The van der Waals surface area contributed by atoms with E-state index in [1.54, 1.807) is 44.2 Å². The fraction of sp³-hybridized carbons (Fsp3) is 0.526. The molecule has 10 nitrogen and oxygen atoms in total. The van der Waals surface area contributed by atoms with Crippen LogP contribution in [-0.2, 0) is 39.2 Å². The largest absolute Gasteiger partial charge is 0.480 e. The van der Waals surface area contributed by atoms with E-state index in [0.717, 1.165) is 5.56 Å². The van der Waals surface area contributed by atoms with Gasteiger partial charge in [-0.15, -0.1) is 0 Å². The number of esters is 1. The van der Waals surface area contributed by atoms with E-state index in [1.807, 2.05) is 0 Å². The average molecular weight is 442 g/mol. The number of carboxylic acid groups (broad SMARTS) is 1. The number of amides is 1. The van der Waals surface area contributed by atoms with Gasteiger partial charge in [-0.05, 0) is 12.0 Å². The smallest absolute Gasteiger partial charge is 0.407 e. The maximum Gasteiger partial charge on any atom is 0.407 e. The van der Waals surface area contributed by atoms with Gasteiger partial charge in [-0.25, -0.2) is 9.65 Å². The number of carbonyl (C=O) groups is 3. The highest BCUT2D eigenvalue weighted by Crippen LogP contribution is 2.53. The number of benzene rings is 1. The lowest BCUT2D eigenvalue weighted by atomic mass is 9.87. The third-order valence-corrected chi connectivity index (χ3v) is 6.13. The third-order valence-electron chi connectivity index (χ3n) is 4.55. The van der Waals surface area contributed by atoms with E-state index < -0.39 is 43.2 Å². The molecular weight excluding hydrogens is 415 g/mol. The van der Waals surface area contributed by atoms with Crippen molar-refractivity contribution in [3.8, 4) is 0 Å². The molecule has 1 fully saturated rings. The molecule has 1 aliphatic heterocycles. The molecular formula is C19H27N2O8P. The van der Waals surface area contributed by atoms with Crippen LogP contribution in [0.5, 0.6) is 0 Å². The monoisotopic (exact) mass is 442 g/mol. The Balaban J connectivity index is 2.08. The molecule has 1 amide bonds. The number of carbonyl (C=O) groups excluding carboxylic acids is 2. The molecule has 0 radical (unpaired) electrons. The van der Waals surface area contributed by atoms with E-state index in [0.29, 0.717) is 0 Å². The van der Waals surface area contributed by atoms with Gasteiger partial charge < -0.3 is 15.2 Å². The first kappa shape index (κ1) is 24.0. The fourth-order valence-electron chi connectivity index (χ4n) is 2.82. The van der Waals surface area contributed by atoms with Crippen molar-refractivity contribution >= 4 is 25.6 Å². The first-order chi connectivity index (χ1) is 14.1. The summed E-state index contributed by atoms with van der Waals surface area (Å²) in [6.07, 6.45) is -1.15. The number of carboxylic acids is 1. The van der Waals surface area contributed by atoms with Crippen molar-refractivity contribution < 1.29 is 37.8 Å². The Morgan fingerprint density at radius 2 is 1.97 bits per heavy atom. The maximum atomic E-state index is 13.1. The molecule has 1 aromatic rings. The molecule has 3 N–H and O–H groups in total. The van der Waals surface area contributed by atoms with Gasteiger partial charge in [0.2, 0.25) is 5.91 Å². The summed E-state index contributed by atoms with van der Waals surface area (Å²) in [5.41, 5.74) is -0.109. The molecule has 1 saturated heterocycles. The average Bonchev–Trinajstić information content (AvgIpc) is 2.70. The van der Waals surface area contributed by atoms with Gasteiger partial charge in [0.25, 0.3) is 0 Å². The minimum atomic E-state index is -4.09. The molecule has 166 valence electrons. The summed E-state index contributed by atoms with van der Waals surface area (Å²) in [6, 6.07) is 7.58. The SMILES string of the molecule is COC(=O)CCNC(=O)[C@@H]1OP(=O)(NC(Cc2ccccc2)C(=O)O)OCC1(C)C. The van der Waals surface area contributed by atoms with Crippen molar-refractivity contribution in [2.45, 2.75) is 38.8 Å². The van der Waals surface area contributed by atoms with Crippen LogP contribution in [0, 0.1) is 5.41 Å². The van der Waals surface area contributed by atoms with Gasteiger partial charge >= 0.3 is 19.7 Å². The lowest BCUT2D eigenvalue weighted by Crippen LogP contribution is -2.52. The van der Waals surface area contributed by atoms with Crippen LogP contribution in [0.15, 0.2) is 30.3 Å². The molecule has 2 rings (SSSR count). The Morgan fingerprint density at radius 1 is 1.30 bits per heavy atom. The summed E-state index contributed by atoms with van der Waals surface area (Å²) in [4.78, 5) is 35.5. The molecule has 0 spiro atoms. The molecule has 3 atom stereocenters. The van der Waals surface area contributed by atoms with E-state index in [2.05, 4.69) is 15.1 Å². The Hall–Kier alpha value is -2.26. The van der Waals surface area contributed by atoms with Crippen LogP contribution >= 0.6 is 7.75 Å². The summed E-state index contributed by atoms with van der Waals surface area (Å²) in [5.74, 6) is -2.30. The van der Waals surface area contributed by atoms with E-state index in [9.17, 15) is 24.1 Å². The van der Waals surface area contributed by atoms with Gasteiger partial charge in [0, 0.05) is 12.0 Å². The predicted molar refractivity (Wildman–Crippen MR) is 107 cm³/mol. The van der Waals surface area contributed by atoms with Crippen molar-refractivity contribution in [3.63, 3.8) is 0 Å². The summed E-state index contributed by atoms with van der Waals surface area (Å²) in [6.45, 7) is 3.31. The van der Waals surface area contributed by atoms with Gasteiger partial charge in [-0.2, -0.15) is 0 Å². The lowest BCUT2D eigenvalue weighted by Gasteiger charge is -2.40. The minimum Gasteiger partial charge on any atom is -0.480 e. The molecule has 30 heavy (non-hydrogen) atoms. The van der Waals surface area contributed by atoms with Crippen LogP contribution in [0.2, 0.25) is 0 Å². The second-order valence-corrected chi connectivity index (χ2v) is 9.29. The van der Waals surface area contributed by atoms with Crippen molar-refractivity contribution in [1.82, 2.24) is 10.4 Å². The zero-order valence-electron chi connectivity index (χ0n) is 17.1. The molecule has 1 aliphatic rings. The molecule has 2 unspecified atom stereocenters. The van der Waals surface area contributed by atoms with E-state index in [1.165, 1.54) is 7.11 Å². The topological polar surface area (TPSA) is 140 Å². The predicted octanol–water partition coefficient (Wildman–Crippen LogP) is 1.50. The van der Waals surface area contributed by atoms with Gasteiger partial charge in [0.05, 0.1) is 20.1 Å².